The first-order chi connectivity index (χ1) is 10.2. The molecule has 108 valence electrons. The van der Waals surface area contributed by atoms with Gasteiger partial charge < -0.3 is 9.64 Å². The molecule has 1 aliphatic carbocycles. The van der Waals surface area contributed by atoms with Gasteiger partial charge in [-0.15, -0.1) is 0 Å². The number of piperidine rings is 1. The van der Waals surface area contributed by atoms with Crippen LogP contribution in [-0.4, -0.2) is 35.3 Å². The van der Waals surface area contributed by atoms with Crippen LogP contribution in [0.4, 0.5) is 0 Å². The second-order valence-corrected chi connectivity index (χ2v) is 5.99. The zero-order chi connectivity index (χ0) is 14.4. The third kappa shape index (κ3) is 2.02. The number of benzene rings is 1. The minimum atomic E-state index is -0.384. The SMILES string of the molecule is O=C1C=C2CCN3C(=O)[C@H](OCc4ccccc4)[C@@H]3[C@H]2C1. The van der Waals surface area contributed by atoms with E-state index in [1.807, 2.05) is 35.2 Å². The molecule has 0 spiro atoms. The molecule has 3 atom stereocenters. The van der Waals surface area contributed by atoms with Crippen molar-refractivity contribution >= 4 is 11.7 Å². The minimum absolute atomic E-state index is 0.0627. The lowest BCUT2D eigenvalue weighted by molar-refractivity contribution is -0.182. The second-order valence-electron chi connectivity index (χ2n) is 5.99. The Hall–Kier alpha value is -1.94. The van der Waals surface area contributed by atoms with Crippen molar-refractivity contribution in [2.24, 2.45) is 5.92 Å². The molecule has 4 heteroatoms. The van der Waals surface area contributed by atoms with E-state index in [0.717, 1.165) is 18.5 Å². The third-order valence-corrected chi connectivity index (χ3v) is 4.77. The van der Waals surface area contributed by atoms with E-state index in [9.17, 15) is 9.59 Å². The molecular weight excluding hydrogens is 266 g/mol. The monoisotopic (exact) mass is 283 g/mol. The number of rotatable bonds is 3. The Morgan fingerprint density at radius 3 is 2.81 bits per heavy atom. The van der Waals surface area contributed by atoms with E-state index in [0.29, 0.717) is 13.0 Å². The third-order valence-electron chi connectivity index (χ3n) is 4.77. The molecule has 1 aromatic rings. The summed E-state index contributed by atoms with van der Waals surface area (Å²) in [5.74, 6) is 0.456. The maximum Gasteiger partial charge on any atom is 0.254 e. The number of ketones is 1. The van der Waals surface area contributed by atoms with Gasteiger partial charge in [0.2, 0.25) is 0 Å². The molecule has 2 heterocycles. The first-order valence-electron chi connectivity index (χ1n) is 7.43. The highest BCUT2D eigenvalue weighted by molar-refractivity contribution is 5.96. The molecule has 0 saturated carbocycles. The summed E-state index contributed by atoms with van der Waals surface area (Å²) in [4.78, 5) is 25.7. The molecule has 1 aromatic carbocycles. The number of fused-ring (bicyclic) bond motifs is 3. The van der Waals surface area contributed by atoms with Crippen LogP contribution in [0, 0.1) is 5.92 Å². The van der Waals surface area contributed by atoms with Crippen LogP contribution < -0.4 is 0 Å². The second kappa shape index (κ2) is 4.81. The smallest absolute Gasteiger partial charge is 0.254 e. The van der Waals surface area contributed by atoms with Crippen LogP contribution in [0.25, 0.3) is 0 Å². The number of carbonyl (C=O) groups is 2. The first kappa shape index (κ1) is 12.8. The van der Waals surface area contributed by atoms with Crippen LogP contribution in [0.2, 0.25) is 0 Å². The zero-order valence-electron chi connectivity index (χ0n) is 11.7. The lowest BCUT2D eigenvalue weighted by Crippen LogP contribution is -2.70. The summed E-state index contributed by atoms with van der Waals surface area (Å²) in [6, 6.07) is 9.93. The van der Waals surface area contributed by atoms with Crippen molar-refractivity contribution in [1.82, 2.24) is 4.90 Å². The predicted octanol–water partition coefficient (Wildman–Crippen LogP) is 1.70. The molecule has 0 N–H and O–H groups in total. The van der Waals surface area contributed by atoms with Gasteiger partial charge in [-0.25, -0.2) is 0 Å². The molecule has 2 saturated heterocycles. The number of amides is 1. The molecule has 1 amide bonds. The van der Waals surface area contributed by atoms with Gasteiger partial charge in [-0.05, 0) is 18.1 Å². The van der Waals surface area contributed by atoms with E-state index in [1.165, 1.54) is 5.57 Å². The minimum Gasteiger partial charge on any atom is -0.361 e. The number of allylic oxidation sites excluding steroid dienone is 1. The predicted molar refractivity (Wildman–Crippen MR) is 76.3 cm³/mol. The Balaban J connectivity index is 1.48. The summed E-state index contributed by atoms with van der Waals surface area (Å²) < 4.78 is 5.86. The van der Waals surface area contributed by atoms with Crippen LogP contribution >= 0.6 is 0 Å². The van der Waals surface area contributed by atoms with Crippen LogP contribution in [0.3, 0.4) is 0 Å². The van der Waals surface area contributed by atoms with Crippen LogP contribution in [0.5, 0.6) is 0 Å². The van der Waals surface area contributed by atoms with E-state index in [1.54, 1.807) is 6.08 Å². The lowest BCUT2D eigenvalue weighted by Gasteiger charge is -2.53. The average molecular weight is 283 g/mol. The van der Waals surface area contributed by atoms with Crippen molar-refractivity contribution in [1.29, 1.82) is 0 Å². The Morgan fingerprint density at radius 2 is 2.00 bits per heavy atom. The van der Waals surface area contributed by atoms with Gasteiger partial charge in [-0.2, -0.15) is 0 Å². The van der Waals surface area contributed by atoms with Crippen molar-refractivity contribution in [2.45, 2.75) is 31.6 Å². The highest BCUT2D eigenvalue weighted by atomic mass is 16.5. The summed E-state index contributed by atoms with van der Waals surface area (Å²) in [6.07, 6.45) is 2.77. The Bertz CT molecular complexity index is 622. The molecular formula is C17H17NO3. The van der Waals surface area contributed by atoms with Crippen molar-refractivity contribution in [3.63, 3.8) is 0 Å². The summed E-state index contributed by atoms with van der Waals surface area (Å²) in [7, 11) is 0. The maximum atomic E-state index is 12.2. The van der Waals surface area contributed by atoms with Gasteiger partial charge in [-0.3, -0.25) is 9.59 Å². The molecule has 0 bridgehead atoms. The average Bonchev–Trinajstić information content (AvgIpc) is 2.87. The fourth-order valence-electron chi connectivity index (χ4n) is 3.72. The molecule has 0 aromatic heterocycles. The maximum absolute atomic E-state index is 12.2. The van der Waals surface area contributed by atoms with Crippen LogP contribution in [0.1, 0.15) is 18.4 Å². The first-order valence-corrected chi connectivity index (χ1v) is 7.43. The van der Waals surface area contributed by atoms with Crippen molar-refractivity contribution < 1.29 is 14.3 Å². The fourth-order valence-corrected chi connectivity index (χ4v) is 3.72. The molecule has 2 aliphatic heterocycles. The Kier molecular flexibility index (Phi) is 2.93. The molecule has 4 rings (SSSR count). The molecule has 2 fully saturated rings. The van der Waals surface area contributed by atoms with Crippen LogP contribution in [-0.2, 0) is 20.9 Å². The number of nitrogens with zero attached hydrogens (tertiary/aromatic N) is 1. The molecule has 0 radical (unpaired) electrons. The van der Waals surface area contributed by atoms with Gasteiger partial charge >= 0.3 is 0 Å². The van der Waals surface area contributed by atoms with E-state index in [-0.39, 0.29) is 29.8 Å². The van der Waals surface area contributed by atoms with Gasteiger partial charge in [-0.1, -0.05) is 35.9 Å². The van der Waals surface area contributed by atoms with Gasteiger partial charge in [0, 0.05) is 18.9 Å². The molecule has 21 heavy (non-hydrogen) atoms. The topological polar surface area (TPSA) is 46.6 Å². The quantitative estimate of drug-likeness (QED) is 0.793. The Labute approximate surface area is 123 Å². The molecule has 4 nitrogen and oxygen atoms in total. The van der Waals surface area contributed by atoms with E-state index in [2.05, 4.69) is 0 Å². The Morgan fingerprint density at radius 1 is 1.19 bits per heavy atom. The van der Waals surface area contributed by atoms with Crippen molar-refractivity contribution in [2.75, 3.05) is 6.54 Å². The zero-order valence-corrected chi connectivity index (χ0v) is 11.7. The largest absolute Gasteiger partial charge is 0.361 e. The van der Waals surface area contributed by atoms with Crippen molar-refractivity contribution in [3.05, 3.63) is 47.5 Å². The summed E-state index contributed by atoms with van der Waals surface area (Å²) >= 11 is 0. The van der Waals surface area contributed by atoms with E-state index in [4.69, 9.17) is 4.74 Å². The van der Waals surface area contributed by atoms with Crippen molar-refractivity contribution in [3.8, 4) is 0 Å². The standard InChI is InChI=1S/C17H17NO3/c19-13-8-12-6-7-18-15(14(12)9-13)16(17(18)20)21-10-11-4-2-1-3-5-11/h1-5,8,14-16H,6-7,9-10H2/t14-,15-,16+/m0/s1. The number of hydrogen-bond acceptors (Lipinski definition) is 3. The van der Waals surface area contributed by atoms with E-state index >= 15 is 0 Å². The normalized spacial score (nSPS) is 30.6. The van der Waals surface area contributed by atoms with Gasteiger partial charge in [0.15, 0.2) is 11.9 Å². The number of ether oxygens (including phenoxy) is 1. The number of hydrogen-bond donors (Lipinski definition) is 0. The number of β-lactam (4-membered cyclic amide) rings is 1. The van der Waals surface area contributed by atoms with Crippen LogP contribution in [0.15, 0.2) is 42.0 Å². The van der Waals surface area contributed by atoms with Gasteiger partial charge in [0.1, 0.15) is 0 Å². The van der Waals surface area contributed by atoms with Gasteiger partial charge in [0.25, 0.3) is 5.91 Å². The van der Waals surface area contributed by atoms with Gasteiger partial charge in [0.05, 0.1) is 12.6 Å². The highest BCUT2D eigenvalue weighted by Crippen LogP contribution is 2.43. The number of carbonyl (C=O) groups excluding carboxylic acids is 2. The highest BCUT2D eigenvalue weighted by Gasteiger charge is 2.55. The summed E-state index contributed by atoms with van der Waals surface area (Å²) in [6.45, 7) is 1.17. The molecule has 3 aliphatic rings. The molecule has 0 unspecified atom stereocenters. The van der Waals surface area contributed by atoms with E-state index < -0.39 is 0 Å². The summed E-state index contributed by atoms with van der Waals surface area (Å²) in [5.41, 5.74) is 2.28. The summed E-state index contributed by atoms with van der Waals surface area (Å²) in [5, 5.41) is 0. The lowest BCUT2D eigenvalue weighted by atomic mass is 9.77. The fraction of sp³-hybridized carbons (Fsp3) is 0.412.